The molecule has 1 unspecified atom stereocenters. The van der Waals surface area contributed by atoms with E-state index >= 15 is 0 Å². The fourth-order valence-corrected chi connectivity index (χ4v) is 1.97. The molecule has 82 valence electrons. The van der Waals surface area contributed by atoms with E-state index < -0.39 is 0 Å². The molecule has 1 saturated heterocycles. The first kappa shape index (κ1) is 11.5. The molecule has 1 aliphatic rings. The van der Waals surface area contributed by atoms with Crippen molar-refractivity contribution in [2.75, 3.05) is 13.1 Å². The van der Waals surface area contributed by atoms with Crippen LogP contribution in [-0.2, 0) is 4.79 Å². The van der Waals surface area contributed by atoms with Gasteiger partial charge in [-0.2, -0.15) is 0 Å². The molecule has 0 aromatic rings. The Morgan fingerprint density at radius 1 is 1.50 bits per heavy atom. The first-order valence-electron chi connectivity index (χ1n) is 5.45. The highest BCUT2D eigenvalue weighted by atomic mass is 16.2. The lowest BCUT2D eigenvalue weighted by Crippen LogP contribution is -2.47. The fourth-order valence-electron chi connectivity index (χ4n) is 1.97. The Labute approximate surface area is 86.6 Å². The maximum atomic E-state index is 11.8. The van der Waals surface area contributed by atoms with Gasteiger partial charge >= 0.3 is 0 Å². The van der Waals surface area contributed by atoms with Crippen LogP contribution < -0.4 is 5.73 Å². The summed E-state index contributed by atoms with van der Waals surface area (Å²) in [5, 5.41) is 0. The monoisotopic (exact) mass is 198 g/mol. The van der Waals surface area contributed by atoms with Crippen LogP contribution in [0.4, 0.5) is 0 Å². The average Bonchev–Trinajstić information content (AvgIpc) is 2.25. The largest absolute Gasteiger partial charge is 0.338 e. The molecule has 0 aliphatic carbocycles. The zero-order valence-corrected chi connectivity index (χ0v) is 9.55. The number of likely N-dealkylation sites (tertiary alicyclic amines) is 1. The number of carbonyl (C=O) groups is 1. The van der Waals surface area contributed by atoms with Gasteiger partial charge in [-0.25, -0.2) is 0 Å². The Morgan fingerprint density at radius 2 is 2.14 bits per heavy atom. The van der Waals surface area contributed by atoms with Gasteiger partial charge in [0.2, 0.25) is 5.91 Å². The van der Waals surface area contributed by atoms with Gasteiger partial charge in [0.1, 0.15) is 0 Å². The maximum Gasteiger partial charge on any atom is 0.223 e. The molecule has 3 heteroatoms. The summed E-state index contributed by atoms with van der Waals surface area (Å²) in [6, 6.07) is 0. The van der Waals surface area contributed by atoms with E-state index in [0.717, 1.165) is 19.4 Å². The fraction of sp³-hybridized carbons (Fsp3) is 0.909. The van der Waals surface area contributed by atoms with Crippen LogP contribution in [0.3, 0.4) is 0 Å². The number of hydrogen-bond donors (Lipinski definition) is 1. The van der Waals surface area contributed by atoms with Crippen molar-refractivity contribution in [3.8, 4) is 0 Å². The number of rotatable bonds is 1. The van der Waals surface area contributed by atoms with Crippen molar-refractivity contribution in [2.24, 2.45) is 11.7 Å². The van der Waals surface area contributed by atoms with E-state index in [1.54, 1.807) is 0 Å². The first-order chi connectivity index (χ1) is 6.45. The highest BCUT2D eigenvalue weighted by Gasteiger charge is 2.30. The minimum Gasteiger partial charge on any atom is -0.338 e. The standard InChI is InChI=1S/C11H22N2O/c1-11(2,3)13-8-9(7-12)5-4-6-10(13)14/h9H,4-8,12H2,1-3H3. The third-order valence-electron chi connectivity index (χ3n) is 2.89. The quantitative estimate of drug-likeness (QED) is 0.691. The van der Waals surface area contributed by atoms with Gasteiger partial charge in [-0.3, -0.25) is 4.79 Å². The normalized spacial score (nSPS) is 25.0. The Bertz CT molecular complexity index is 208. The summed E-state index contributed by atoms with van der Waals surface area (Å²) in [4.78, 5) is 13.8. The molecule has 1 rings (SSSR count). The lowest BCUT2D eigenvalue weighted by atomic mass is 10.0. The molecule has 0 radical (unpaired) electrons. The Kier molecular flexibility index (Phi) is 3.53. The van der Waals surface area contributed by atoms with Crippen LogP contribution in [0.15, 0.2) is 0 Å². The smallest absolute Gasteiger partial charge is 0.223 e. The van der Waals surface area contributed by atoms with Crippen molar-refractivity contribution in [2.45, 2.75) is 45.6 Å². The zero-order valence-electron chi connectivity index (χ0n) is 9.55. The minimum atomic E-state index is -0.0607. The molecule has 14 heavy (non-hydrogen) atoms. The highest BCUT2D eigenvalue weighted by Crippen LogP contribution is 2.23. The molecule has 1 amide bonds. The highest BCUT2D eigenvalue weighted by molar-refractivity contribution is 5.77. The molecule has 0 aromatic heterocycles. The molecule has 1 aliphatic heterocycles. The summed E-state index contributed by atoms with van der Waals surface area (Å²) in [5.41, 5.74) is 5.62. The van der Waals surface area contributed by atoms with Crippen molar-refractivity contribution in [3.63, 3.8) is 0 Å². The number of carbonyl (C=O) groups excluding carboxylic acids is 1. The molecule has 3 nitrogen and oxygen atoms in total. The molecular formula is C11H22N2O. The van der Waals surface area contributed by atoms with Crippen molar-refractivity contribution in [1.29, 1.82) is 0 Å². The van der Waals surface area contributed by atoms with Gasteiger partial charge in [-0.05, 0) is 46.1 Å². The van der Waals surface area contributed by atoms with Gasteiger partial charge in [0.15, 0.2) is 0 Å². The van der Waals surface area contributed by atoms with Crippen LogP contribution in [0.1, 0.15) is 40.0 Å². The van der Waals surface area contributed by atoms with Gasteiger partial charge in [-0.1, -0.05) is 0 Å². The second kappa shape index (κ2) is 4.30. The lowest BCUT2D eigenvalue weighted by Gasteiger charge is -2.36. The van der Waals surface area contributed by atoms with Gasteiger partial charge in [0.05, 0.1) is 0 Å². The molecule has 0 aromatic carbocycles. The Hall–Kier alpha value is -0.570. The van der Waals surface area contributed by atoms with E-state index in [0.29, 0.717) is 18.9 Å². The number of hydrogen-bond acceptors (Lipinski definition) is 2. The lowest BCUT2D eigenvalue weighted by molar-refractivity contribution is -0.135. The second-order valence-corrected chi connectivity index (χ2v) is 5.17. The molecule has 0 spiro atoms. The summed E-state index contributed by atoms with van der Waals surface area (Å²) >= 11 is 0. The predicted octanol–water partition coefficient (Wildman–Crippen LogP) is 1.37. The van der Waals surface area contributed by atoms with Gasteiger partial charge in [0.25, 0.3) is 0 Å². The van der Waals surface area contributed by atoms with E-state index in [4.69, 9.17) is 5.73 Å². The SMILES string of the molecule is CC(C)(C)N1CC(CN)CCCC1=O. The molecule has 0 bridgehead atoms. The number of nitrogens with two attached hydrogens (primary N) is 1. The molecule has 1 fully saturated rings. The Balaban J connectivity index is 2.73. The molecule has 1 atom stereocenters. The van der Waals surface area contributed by atoms with E-state index in [-0.39, 0.29) is 11.4 Å². The van der Waals surface area contributed by atoms with Crippen molar-refractivity contribution < 1.29 is 4.79 Å². The predicted molar refractivity (Wildman–Crippen MR) is 57.9 cm³/mol. The van der Waals surface area contributed by atoms with Crippen molar-refractivity contribution in [1.82, 2.24) is 4.90 Å². The summed E-state index contributed by atoms with van der Waals surface area (Å²) in [6.45, 7) is 7.79. The van der Waals surface area contributed by atoms with Crippen LogP contribution in [-0.4, -0.2) is 29.4 Å². The first-order valence-corrected chi connectivity index (χ1v) is 5.45. The second-order valence-electron chi connectivity index (χ2n) is 5.17. The van der Waals surface area contributed by atoms with Crippen molar-refractivity contribution in [3.05, 3.63) is 0 Å². The van der Waals surface area contributed by atoms with Crippen LogP contribution in [0, 0.1) is 5.92 Å². The van der Waals surface area contributed by atoms with E-state index in [9.17, 15) is 4.79 Å². The van der Waals surface area contributed by atoms with Crippen molar-refractivity contribution >= 4 is 5.91 Å². The Morgan fingerprint density at radius 3 is 2.64 bits per heavy atom. The van der Waals surface area contributed by atoms with Crippen LogP contribution in [0.25, 0.3) is 0 Å². The molecular weight excluding hydrogens is 176 g/mol. The van der Waals surface area contributed by atoms with Crippen LogP contribution in [0.2, 0.25) is 0 Å². The number of nitrogens with zero attached hydrogens (tertiary/aromatic N) is 1. The number of amides is 1. The third-order valence-corrected chi connectivity index (χ3v) is 2.89. The summed E-state index contributed by atoms with van der Waals surface area (Å²) in [5.74, 6) is 0.772. The minimum absolute atomic E-state index is 0.0607. The topological polar surface area (TPSA) is 46.3 Å². The summed E-state index contributed by atoms with van der Waals surface area (Å²) in [7, 11) is 0. The van der Waals surface area contributed by atoms with Gasteiger partial charge in [0, 0.05) is 18.5 Å². The summed E-state index contributed by atoms with van der Waals surface area (Å²) in [6.07, 6.45) is 2.77. The van der Waals surface area contributed by atoms with E-state index in [2.05, 4.69) is 20.8 Å². The van der Waals surface area contributed by atoms with Gasteiger partial charge in [-0.15, -0.1) is 0 Å². The molecule has 1 heterocycles. The zero-order chi connectivity index (χ0) is 10.8. The average molecular weight is 198 g/mol. The van der Waals surface area contributed by atoms with Crippen LogP contribution >= 0.6 is 0 Å². The van der Waals surface area contributed by atoms with E-state index in [1.165, 1.54) is 0 Å². The summed E-state index contributed by atoms with van der Waals surface area (Å²) < 4.78 is 0. The van der Waals surface area contributed by atoms with Gasteiger partial charge < -0.3 is 10.6 Å². The van der Waals surface area contributed by atoms with Crippen LogP contribution in [0.5, 0.6) is 0 Å². The van der Waals surface area contributed by atoms with E-state index in [1.807, 2.05) is 4.90 Å². The molecule has 0 saturated carbocycles. The third kappa shape index (κ3) is 2.71. The maximum absolute atomic E-state index is 11.8. The molecule has 2 N–H and O–H groups in total.